The van der Waals surface area contributed by atoms with Gasteiger partial charge in [-0.05, 0) is 141 Å². The van der Waals surface area contributed by atoms with Gasteiger partial charge in [-0.15, -0.1) is 0 Å². The van der Waals surface area contributed by atoms with Gasteiger partial charge in [0.05, 0.1) is 64.2 Å². The number of carbonyl (C=O) groups excluding carboxylic acids is 5. The van der Waals surface area contributed by atoms with Gasteiger partial charge in [-0.3, -0.25) is 14.4 Å². The molecule has 2 saturated heterocycles. The number of likely N-dealkylation sites (tertiary alicyclic amines) is 1. The molecule has 444 valence electrons. The van der Waals surface area contributed by atoms with Crippen molar-refractivity contribution in [2.24, 2.45) is 0 Å². The normalized spacial score (nSPS) is 14.4. The fourth-order valence-corrected chi connectivity index (χ4v) is 10.3. The zero-order valence-corrected chi connectivity index (χ0v) is 48.9. The van der Waals surface area contributed by atoms with E-state index >= 15 is 0 Å². The molecule has 4 aromatic carbocycles. The first-order valence-electron chi connectivity index (χ1n) is 27.7. The fraction of sp³-hybridized carbons (Fsp3) is 0.397. The van der Waals surface area contributed by atoms with Crippen LogP contribution in [-0.2, 0) is 59.4 Å². The van der Waals surface area contributed by atoms with E-state index in [4.69, 9.17) is 33.2 Å². The van der Waals surface area contributed by atoms with Crippen molar-refractivity contribution < 1.29 is 61.9 Å². The van der Waals surface area contributed by atoms with Crippen LogP contribution < -0.4 is 26.2 Å². The second kappa shape index (κ2) is 27.2. The van der Waals surface area contributed by atoms with E-state index in [-0.39, 0.29) is 47.5 Å². The molecular formula is C63H71N5O16. The highest BCUT2D eigenvalue weighted by Gasteiger charge is 2.32. The van der Waals surface area contributed by atoms with Gasteiger partial charge in [-0.25, -0.2) is 19.2 Å². The number of esters is 3. The van der Waals surface area contributed by atoms with E-state index in [1.165, 1.54) is 36.5 Å². The summed E-state index contributed by atoms with van der Waals surface area (Å²) in [5.74, 6) is -0.577. The minimum absolute atomic E-state index is 0.00634. The van der Waals surface area contributed by atoms with Crippen molar-refractivity contribution in [2.45, 2.75) is 98.5 Å². The summed E-state index contributed by atoms with van der Waals surface area (Å²) in [6.07, 6.45) is 1.34. The van der Waals surface area contributed by atoms with Gasteiger partial charge in [-0.2, -0.15) is 0 Å². The monoisotopic (exact) mass is 1150 g/mol. The number of hydrogen-bond donors (Lipinski definition) is 0. The van der Waals surface area contributed by atoms with Crippen LogP contribution in [0.3, 0.4) is 0 Å². The zero-order valence-electron chi connectivity index (χ0n) is 48.9. The smallest absolute Gasteiger partial charge is 0.410 e. The van der Waals surface area contributed by atoms with Gasteiger partial charge >= 0.3 is 24.0 Å². The van der Waals surface area contributed by atoms with E-state index in [1.807, 2.05) is 107 Å². The summed E-state index contributed by atoms with van der Waals surface area (Å²) >= 11 is 0. The Morgan fingerprint density at radius 1 is 0.583 bits per heavy atom. The van der Waals surface area contributed by atoms with Crippen LogP contribution in [0.1, 0.15) is 86.9 Å². The van der Waals surface area contributed by atoms with Gasteiger partial charge in [0.1, 0.15) is 41.8 Å². The van der Waals surface area contributed by atoms with Gasteiger partial charge in [0.25, 0.3) is 16.7 Å². The molecule has 2 fully saturated rings. The Morgan fingerprint density at radius 2 is 1.05 bits per heavy atom. The lowest BCUT2D eigenvalue weighted by molar-refractivity contribution is -0.108. The lowest BCUT2D eigenvalue weighted by Gasteiger charge is -2.39. The molecule has 1 amide bonds. The molecule has 7 aromatic rings. The summed E-state index contributed by atoms with van der Waals surface area (Å²) in [5, 5.41) is 2.33. The molecule has 10 rings (SSSR count). The van der Waals surface area contributed by atoms with E-state index < -0.39 is 40.9 Å². The SMILES string of the molecule is COC(=O)c1cc2ccc(C)cc2n(CC2OCCO2)c1=O.COC(=O)c1cc2ccc(C)cc2n(CC=O)c1=O.COC(=O)c1cc2ccc(C)cc2n(CCN2CCC(N(Cc3ccc4c(c3)OCCO4)C(=O)OC(C)(C)C)CC2)c1=O. The predicted octanol–water partition coefficient (Wildman–Crippen LogP) is 7.53. The third-order valence-electron chi connectivity index (χ3n) is 14.5. The summed E-state index contributed by atoms with van der Waals surface area (Å²) in [6, 6.07) is 27.5. The van der Waals surface area contributed by atoms with Gasteiger partial charge in [0.15, 0.2) is 17.8 Å². The third-order valence-corrected chi connectivity index (χ3v) is 14.5. The molecule has 0 radical (unpaired) electrons. The molecule has 84 heavy (non-hydrogen) atoms. The molecule has 3 aliphatic heterocycles. The van der Waals surface area contributed by atoms with E-state index in [1.54, 1.807) is 28.8 Å². The van der Waals surface area contributed by atoms with Crippen LogP contribution in [0.15, 0.2) is 105 Å². The first-order valence-corrected chi connectivity index (χ1v) is 27.7. The molecule has 0 atom stereocenters. The molecule has 0 spiro atoms. The number of hydrogen-bond acceptors (Lipinski definition) is 17. The van der Waals surface area contributed by atoms with Crippen LogP contribution in [-0.4, -0.2) is 139 Å². The lowest BCUT2D eigenvalue weighted by atomic mass is 10.0. The number of piperidine rings is 1. The number of rotatable bonds is 13. The average Bonchev–Trinajstić information content (AvgIpc) is 3.48. The molecule has 3 aliphatic rings. The molecule has 0 aliphatic carbocycles. The van der Waals surface area contributed by atoms with E-state index in [9.17, 15) is 38.4 Å². The maximum atomic E-state index is 13.4. The molecule has 21 nitrogen and oxygen atoms in total. The topological polar surface area (TPSA) is 232 Å². The number of pyridine rings is 3. The minimum atomic E-state index is -0.702. The number of methoxy groups -OCH3 is 3. The van der Waals surface area contributed by atoms with E-state index in [0.717, 1.165) is 70.0 Å². The van der Waals surface area contributed by atoms with Crippen LogP contribution in [0.4, 0.5) is 4.79 Å². The average molecular weight is 1150 g/mol. The predicted molar refractivity (Wildman–Crippen MR) is 313 cm³/mol. The zero-order chi connectivity index (χ0) is 60.4. The summed E-state index contributed by atoms with van der Waals surface area (Å²) in [6.45, 7) is 16.6. The molecular weight excluding hydrogens is 1080 g/mol. The number of aryl methyl sites for hydroxylation is 3. The van der Waals surface area contributed by atoms with Crippen molar-refractivity contribution in [2.75, 3.05) is 67.4 Å². The summed E-state index contributed by atoms with van der Waals surface area (Å²) in [7, 11) is 3.75. The summed E-state index contributed by atoms with van der Waals surface area (Å²) in [5.41, 5.74) is 4.24. The highest BCUT2D eigenvalue weighted by molar-refractivity contribution is 5.96. The van der Waals surface area contributed by atoms with Crippen molar-refractivity contribution in [3.8, 4) is 11.5 Å². The van der Waals surface area contributed by atoms with Crippen molar-refractivity contribution in [1.29, 1.82) is 0 Å². The quantitative estimate of drug-likeness (QED) is 0.0617. The molecule has 3 aromatic heterocycles. The van der Waals surface area contributed by atoms with Crippen molar-refractivity contribution in [3.63, 3.8) is 0 Å². The van der Waals surface area contributed by atoms with Gasteiger partial charge < -0.3 is 66.2 Å². The molecule has 0 N–H and O–H groups in total. The maximum absolute atomic E-state index is 13.4. The van der Waals surface area contributed by atoms with Crippen molar-refractivity contribution in [3.05, 3.63) is 161 Å². The molecule has 0 saturated carbocycles. The van der Waals surface area contributed by atoms with E-state index in [2.05, 4.69) is 9.64 Å². The number of amides is 1. The fourth-order valence-electron chi connectivity index (χ4n) is 10.3. The van der Waals surface area contributed by atoms with Crippen LogP contribution in [0.5, 0.6) is 11.5 Å². The Kier molecular flexibility index (Phi) is 19.9. The number of aromatic nitrogens is 3. The Bertz CT molecular complexity index is 3790. The highest BCUT2D eigenvalue weighted by atomic mass is 16.7. The first kappa shape index (κ1) is 61.4. The number of ether oxygens (including phenoxy) is 8. The van der Waals surface area contributed by atoms with Gasteiger partial charge in [0, 0.05) is 38.8 Å². The number of carbonyl (C=O) groups is 5. The van der Waals surface area contributed by atoms with Crippen LogP contribution in [0.25, 0.3) is 32.7 Å². The van der Waals surface area contributed by atoms with Gasteiger partial charge in [0.2, 0.25) is 0 Å². The van der Waals surface area contributed by atoms with Crippen molar-refractivity contribution in [1.82, 2.24) is 23.5 Å². The summed E-state index contributed by atoms with van der Waals surface area (Å²) in [4.78, 5) is 102. The second-order valence-corrected chi connectivity index (χ2v) is 21.6. The second-order valence-electron chi connectivity index (χ2n) is 21.6. The molecule has 21 heteroatoms. The third kappa shape index (κ3) is 14.6. The number of nitrogens with zero attached hydrogens (tertiary/aromatic N) is 5. The Labute approximate surface area is 485 Å². The number of benzene rings is 4. The molecule has 0 unspecified atom stereocenters. The Morgan fingerprint density at radius 3 is 1.54 bits per heavy atom. The Balaban J connectivity index is 0.000000186. The van der Waals surface area contributed by atoms with Crippen LogP contribution in [0.2, 0.25) is 0 Å². The van der Waals surface area contributed by atoms with Gasteiger partial charge in [-0.1, -0.05) is 42.5 Å². The standard InChI is InChI=1S/C33H41N3O7.C16H17NO5.C14H13NO4/c1-22-6-8-24-20-26(31(38)40-5)30(37)35(27(24)18-22)15-14-34-12-10-25(11-13-34)36(32(39)43-33(2,3)4)21-23-7-9-28-29(19-23)42-17-16-41-28;1-10-3-4-11-8-12(16(19)20-2)15(18)17(13(11)7-10)9-14-21-5-6-22-14;1-9-3-4-10-8-11(14(18)19-2)13(17)15(5-6-16)12(10)7-9/h6-9,18-20,25H,10-17,21H2,1-5H3;3-4,7-8,14H,5-6,9H2,1-2H3;3-4,6-8H,5H2,1-2H3. The van der Waals surface area contributed by atoms with Crippen LogP contribution >= 0.6 is 0 Å². The Hall–Kier alpha value is -8.66. The summed E-state index contributed by atoms with van der Waals surface area (Å²) < 4.78 is 46.7. The largest absolute Gasteiger partial charge is 0.486 e. The molecule has 0 bridgehead atoms. The number of fused-ring (bicyclic) bond motifs is 4. The van der Waals surface area contributed by atoms with E-state index in [0.29, 0.717) is 74.7 Å². The number of aldehydes is 1. The van der Waals surface area contributed by atoms with Crippen LogP contribution in [0, 0.1) is 20.8 Å². The molecule has 6 heterocycles. The highest BCUT2D eigenvalue weighted by Crippen LogP contribution is 2.32. The lowest BCUT2D eigenvalue weighted by Crippen LogP contribution is -2.49. The van der Waals surface area contributed by atoms with Crippen molar-refractivity contribution >= 4 is 63.0 Å². The maximum Gasteiger partial charge on any atom is 0.410 e. The minimum Gasteiger partial charge on any atom is -0.486 e. The first-order chi connectivity index (χ1) is 40.2.